The van der Waals surface area contributed by atoms with Crippen molar-refractivity contribution in [3.05, 3.63) is 34.1 Å². The number of hydrogen-bond donors (Lipinski definition) is 1. The van der Waals surface area contributed by atoms with Crippen molar-refractivity contribution in [3.8, 4) is 0 Å². The number of piperazine rings is 1. The average molecular weight is 301 g/mol. The van der Waals surface area contributed by atoms with Gasteiger partial charge >= 0.3 is 0 Å². The van der Waals surface area contributed by atoms with Gasteiger partial charge in [-0.1, -0.05) is 15.9 Å². The zero-order valence-electron chi connectivity index (χ0n) is 10.0. The van der Waals surface area contributed by atoms with Gasteiger partial charge in [0.25, 0.3) is 0 Å². The van der Waals surface area contributed by atoms with Crippen LogP contribution in [0.15, 0.2) is 22.7 Å². The number of aryl methyl sites for hydroxylation is 1. The van der Waals surface area contributed by atoms with Crippen molar-refractivity contribution in [2.75, 3.05) is 26.7 Å². The highest BCUT2D eigenvalue weighted by molar-refractivity contribution is 9.10. The third kappa shape index (κ3) is 3.76. The SMILES string of the molecule is CN1CCNC(CCc2cc(Br)ccc2F)C1. The molecule has 1 N–H and O–H groups in total. The Bertz CT molecular complexity index is 384. The fourth-order valence-corrected chi connectivity index (χ4v) is 2.66. The third-order valence-electron chi connectivity index (χ3n) is 3.23. The van der Waals surface area contributed by atoms with E-state index in [1.54, 1.807) is 6.07 Å². The van der Waals surface area contributed by atoms with Crippen LogP contribution >= 0.6 is 15.9 Å². The summed E-state index contributed by atoms with van der Waals surface area (Å²) in [4.78, 5) is 2.32. The molecule has 0 aromatic heterocycles. The number of halogens is 2. The molecule has 1 atom stereocenters. The van der Waals surface area contributed by atoms with Gasteiger partial charge in [-0.2, -0.15) is 0 Å². The molecule has 0 aliphatic carbocycles. The first-order valence-electron chi connectivity index (χ1n) is 6.01. The molecule has 1 saturated heterocycles. The molecule has 1 aliphatic rings. The maximum absolute atomic E-state index is 13.5. The van der Waals surface area contributed by atoms with E-state index in [1.165, 1.54) is 6.07 Å². The Kier molecular flexibility index (Phi) is 4.54. The predicted octanol–water partition coefficient (Wildman–Crippen LogP) is 2.42. The minimum Gasteiger partial charge on any atom is -0.311 e. The molecule has 4 heteroatoms. The molecule has 17 heavy (non-hydrogen) atoms. The van der Waals surface area contributed by atoms with Crippen molar-refractivity contribution in [2.24, 2.45) is 0 Å². The summed E-state index contributed by atoms with van der Waals surface area (Å²) in [5.74, 6) is -0.0997. The van der Waals surface area contributed by atoms with Crippen molar-refractivity contribution in [1.82, 2.24) is 10.2 Å². The lowest BCUT2D eigenvalue weighted by Gasteiger charge is -2.31. The van der Waals surface area contributed by atoms with Crippen molar-refractivity contribution in [2.45, 2.75) is 18.9 Å². The van der Waals surface area contributed by atoms with E-state index in [4.69, 9.17) is 0 Å². The van der Waals surface area contributed by atoms with Gasteiger partial charge in [-0.3, -0.25) is 0 Å². The zero-order chi connectivity index (χ0) is 12.3. The Morgan fingerprint density at radius 2 is 2.35 bits per heavy atom. The highest BCUT2D eigenvalue weighted by Gasteiger charge is 2.16. The van der Waals surface area contributed by atoms with Crippen LogP contribution in [0.1, 0.15) is 12.0 Å². The molecule has 1 unspecified atom stereocenters. The van der Waals surface area contributed by atoms with Crippen LogP contribution < -0.4 is 5.32 Å². The maximum Gasteiger partial charge on any atom is 0.126 e. The second-order valence-electron chi connectivity index (χ2n) is 4.69. The molecule has 94 valence electrons. The van der Waals surface area contributed by atoms with Gasteiger partial charge in [0, 0.05) is 30.1 Å². The van der Waals surface area contributed by atoms with Gasteiger partial charge < -0.3 is 10.2 Å². The number of nitrogens with one attached hydrogen (secondary N) is 1. The molecule has 2 rings (SSSR count). The van der Waals surface area contributed by atoms with Crippen molar-refractivity contribution in [3.63, 3.8) is 0 Å². The van der Waals surface area contributed by atoms with Gasteiger partial charge in [0.1, 0.15) is 5.82 Å². The number of hydrogen-bond acceptors (Lipinski definition) is 2. The van der Waals surface area contributed by atoms with Crippen molar-refractivity contribution < 1.29 is 4.39 Å². The Hall–Kier alpha value is -0.450. The third-order valence-corrected chi connectivity index (χ3v) is 3.72. The molecule has 1 aliphatic heterocycles. The highest BCUT2D eigenvalue weighted by Crippen LogP contribution is 2.17. The summed E-state index contributed by atoms with van der Waals surface area (Å²) < 4.78 is 14.5. The van der Waals surface area contributed by atoms with Crippen LogP contribution in [0.5, 0.6) is 0 Å². The minimum atomic E-state index is -0.0997. The summed E-state index contributed by atoms with van der Waals surface area (Å²) in [7, 11) is 2.13. The van der Waals surface area contributed by atoms with Crippen LogP contribution in [0.2, 0.25) is 0 Å². The van der Waals surface area contributed by atoms with Crippen molar-refractivity contribution in [1.29, 1.82) is 0 Å². The van der Waals surface area contributed by atoms with Crippen LogP contribution in [0.3, 0.4) is 0 Å². The van der Waals surface area contributed by atoms with E-state index in [-0.39, 0.29) is 5.82 Å². The summed E-state index contributed by atoms with van der Waals surface area (Å²) in [5, 5.41) is 3.48. The largest absolute Gasteiger partial charge is 0.311 e. The van der Waals surface area contributed by atoms with Gasteiger partial charge in [-0.25, -0.2) is 4.39 Å². The van der Waals surface area contributed by atoms with Gasteiger partial charge in [0.15, 0.2) is 0 Å². The topological polar surface area (TPSA) is 15.3 Å². The molecule has 2 nitrogen and oxygen atoms in total. The normalized spacial score (nSPS) is 21.7. The van der Waals surface area contributed by atoms with Crippen LogP contribution in [0.4, 0.5) is 4.39 Å². The number of nitrogens with zero attached hydrogens (tertiary/aromatic N) is 1. The van der Waals surface area contributed by atoms with Gasteiger partial charge in [0.05, 0.1) is 0 Å². The Morgan fingerprint density at radius 1 is 1.53 bits per heavy atom. The van der Waals surface area contributed by atoms with Crippen LogP contribution in [-0.4, -0.2) is 37.6 Å². The first-order chi connectivity index (χ1) is 8.15. The van der Waals surface area contributed by atoms with E-state index in [2.05, 4.69) is 33.2 Å². The average Bonchev–Trinajstić information content (AvgIpc) is 2.30. The number of benzene rings is 1. The summed E-state index contributed by atoms with van der Waals surface area (Å²) >= 11 is 3.38. The van der Waals surface area contributed by atoms with Crippen LogP contribution in [0.25, 0.3) is 0 Å². The van der Waals surface area contributed by atoms with E-state index in [0.29, 0.717) is 6.04 Å². The zero-order valence-corrected chi connectivity index (χ0v) is 11.6. The monoisotopic (exact) mass is 300 g/mol. The highest BCUT2D eigenvalue weighted by atomic mass is 79.9. The Morgan fingerprint density at radius 3 is 3.12 bits per heavy atom. The first kappa shape index (κ1) is 13.0. The Balaban J connectivity index is 1.90. The summed E-state index contributed by atoms with van der Waals surface area (Å²) in [5.41, 5.74) is 0.800. The quantitative estimate of drug-likeness (QED) is 0.922. The smallest absolute Gasteiger partial charge is 0.126 e. The molecule has 1 aromatic carbocycles. The van der Waals surface area contributed by atoms with Crippen molar-refractivity contribution >= 4 is 15.9 Å². The fraction of sp³-hybridized carbons (Fsp3) is 0.538. The maximum atomic E-state index is 13.5. The molecule has 0 saturated carbocycles. The Labute approximate surface area is 110 Å². The second kappa shape index (κ2) is 5.94. The molecular formula is C13H18BrFN2. The molecule has 0 radical (unpaired) electrons. The molecule has 1 aromatic rings. The second-order valence-corrected chi connectivity index (χ2v) is 5.60. The molecule has 0 amide bonds. The molecule has 1 fully saturated rings. The van der Waals surface area contributed by atoms with E-state index in [1.807, 2.05) is 6.07 Å². The van der Waals surface area contributed by atoms with Gasteiger partial charge in [-0.05, 0) is 43.7 Å². The lowest BCUT2D eigenvalue weighted by Crippen LogP contribution is -2.49. The molecule has 1 heterocycles. The molecular weight excluding hydrogens is 283 g/mol. The molecule has 0 bridgehead atoms. The minimum absolute atomic E-state index is 0.0997. The summed E-state index contributed by atoms with van der Waals surface area (Å²) in [6.45, 7) is 3.18. The lowest BCUT2D eigenvalue weighted by atomic mass is 10.0. The van der Waals surface area contributed by atoms with E-state index in [0.717, 1.165) is 42.5 Å². The van der Waals surface area contributed by atoms with Gasteiger partial charge in [-0.15, -0.1) is 0 Å². The number of rotatable bonds is 3. The summed E-state index contributed by atoms with van der Waals surface area (Å²) in [6.07, 6.45) is 1.77. The first-order valence-corrected chi connectivity index (χ1v) is 6.80. The lowest BCUT2D eigenvalue weighted by molar-refractivity contribution is 0.232. The van der Waals surface area contributed by atoms with Gasteiger partial charge in [0.2, 0.25) is 0 Å². The summed E-state index contributed by atoms with van der Waals surface area (Å²) in [6, 6.07) is 5.62. The van der Waals surface area contributed by atoms with E-state index in [9.17, 15) is 4.39 Å². The van der Waals surface area contributed by atoms with E-state index >= 15 is 0 Å². The fourth-order valence-electron chi connectivity index (χ4n) is 2.25. The standard InChI is InChI=1S/C13H18BrFN2/c1-17-7-6-16-12(9-17)4-2-10-8-11(14)3-5-13(10)15/h3,5,8,12,16H,2,4,6-7,9H2,1H3. The number of likely N-dealkylation sites (N-methyl/N-ethyl adjacent to an activating group) is 1. The predicted molar refractivity (Wildman–Crippen MR) is 71.7 cm³/mol. The van der Waals surface area contributed by atoms with Crippen LogP contribution in [0, 0.1) is 5.82 Å². The van der Waals surface area contributed by atoms with E-state index < -0.39 is 0 Å². The molecule has 0 spiro atoms. The van der Waals surface area contributed by atoms with Crippen LogP contribution in [-0.2, 0) is 6.42 Å².